The van der Waals surface area contributed by atoms with Crippen molar-refractivity contribution >= 4 is 11.6 Å². The first-order valence-electron chi connectivity index (χ1n) is 6.45. The summed E-state index contributed by atoms with van der Waals surface area (Å²) < 4.78 is 1.86. The second-order valence-corrected chi connectivity index (χ2v) is 5.45. The number of aromatic nitrogens is 4. The zero-order chi connectivity index (χ0) is 14.9. The summed E-state index contributed by atoms with van der Waals surface area (Å²) in [5.74, 6) is 5.75. The van der Waals surface area contributed by atoms with Gasteiger partial charge in [-0.1, -0.05) is 11.6 Å². The molecule has 3 N–H and O–H groups in total. The molecule has 2 aromatic rings. The molecule has 0 radical (unpaired) electrons. The van der Waals surface area contributed by atoms with Gasteiger partial charge in [0.05, 0.1) is 34.3 Å². The van der Waals surface area contributed by atoms with Gasteiger partial charge in [-0.15, -0.1) is 0 Å². The highest BCUT2D eigenvalue weighted by Gasteiger charge is 2.24. The topological polar surface area (TPSA) is 81.6 Å². The summed E-state index contributed by atoms with van der Waals surface area (Å²) in [5.41, 5.74) is 6.24. The second-order valence-electron chi connectivity index (χ2n) is 5.04. The van der Waals surface area contributed by atoms with Gasteiger partial charge < -0.3 is 0 Å². The van der Waals surface area contributed by atoms with Crippen LogP contribution in [0.2, 0.25) is 5.02 Å². The SMILES string of the molecule is Cc1cc(C(NN)c2c(Cl)cnn2C(C)C)c(C)nn1. The summed E-state index contributed by atoms with van der Waals surface area (Å²) >= 11 is 6.29. The van der Waals surface area contributed by atoms with Gasteiger partial charge in [0.2, 0.25) is 0 Å². The Bertz CT molecular complexity index is 607. The van der Waals surface area contributed by atoms with Crippen molar-refractivity contribution in [1.29, 1.82) is 0 Å². The lowest BCUT2D eigenvalue weighted by molar-refractivity contribution is 0.474. The van der Waals surface area contributed by atoms with Crippen molar-refractivity contribution in [2.75, 3.05) is 0 Å². The van der Waals surface area contributed by atoms with Crippen molar-refractivity contribution in [3.05, 3.63) is 39.9 Å². The Morgan fingerprint density at radius 3 is 2.60 bits per heavy atom. The van der Waals surface area contributed by atoms with E-state index in [-0.39, 0.29) is 12.1 Å². The van der Waals surface area contributed by atoms with Gasteiger partial charge in [0.25, 0.3) is 0 Å². The number of nitrogens with one attached hydrogen (secondary N) is 1. The fourth-order valence-electron chi connectivity index (χ4n) is 2.21. The van der Waals surface area contributed by atoms with E-state index >= 15 is 0 Å². The molecule has 1 atom stereocenters. The first-order chi connectivity index (χ1) is 9.45. The van der Waals surface area contributed by atoms with E-state index < -0.39 is 0 Å². The Balaban J connectivity index is 2.58. The third-order valence-corrected chi connectivity index (χ3v) is 3.46. The summed E-state index contributed by atoms with van der Waals surface area (Å²) in [6, 6.07) is 1.87. The van der Waals surface area contributed by atoms with Crippen molar-refractivity contribution in [2.24, 2.45) is 5.84 Å². The molecule has 0 aromatic carbocycles. The van der Waals surface area contributed by atoms with Crippen LogP contribution < -0.4 is 11.3 Å². The molecule has 0 bridgehead atoms. The molecule has 0 aliphatic heterocycles. The van der Waals surface area contributed by atoms with Crippen LogP contribution in [0.3, 0.4) is 0 Å². The van der Waals surface area contributed by atoms with E-state index in [4.69, 9.17) is 17.4 Å². The van der Waals surface area contributed by atoms with E-state index in [2.05, 4.69) is 20.7 Å². The molecule has 7 heteroatoms. The molecule has 0 saturated carbocycles. The monoisotopic (exact) mass is 294 g/mol. The molecule has 0 spiro atoms. The third-order valence-electron chi connectivity index (χ3n) is 3.17. The minimum atomic E-state index is -0.276. The number of hydrogen-bond acceptors (Lipinski definition) is 5. The highest BCUT2D eigenvalue weighted by Crippen LogP contribution is 2.30. The minimum Gasteiger partial charge on any atom is -0.271 e. The van der Waals surface area contributed by atoms with Crippen molar-refractivity contribution in [3.8, 4) is 0 Å². The highest BCUT2D eigenvalue weighted by molar-refractivity contribution is 6.31. The highest BCUT2D eigenvalue weighted by atomic mass is 35.5. The van der Waals surface area contributed by atoms with E-state index in [9.17, 15) is 0 Å². The molecule has 2 rings (SSSR count). The van der Waals surface area contributed by atoms with Crippen molar-refractivity contribution in [1.82, 2.24) is 25.4 Å². The van der Waals surface area contributed by atoms with E-state index in [1.807, 2.05) is 38.4 Å². The third kappa shape index (κ3) is 2.67. The van der Waals surface area contributed by atoms with E-state index in [0.29, 0.717) is 5.02 Å². The fraction of sp³-hybridized carbons (Fsp3) is 0.462. The maximum atomic E-state index is 6.29. The van der Waals surface area contributed by atoms with Gasteiger partial charge in [0.1, 0.15) is 0 Å². The van der Waals surface area contributed by atoms with Crippen LogP contribution in [0, 0.1) is 13.8 Å². The van der Waals surface area contributed by atoms with Crippen LogP contribution in [0.15, 0.2) is 12.3 Å². The van der Waals surface area contributed by atoms with Gasteiger partial charge >= 0.3 is 0 Å². The van der Waals surface area contributed by atoms with Gasteiger partial charge in [-0.05, 0) is 33.8 Å². The molecule has 108 valence electrons. The maximum Gasteiger partial charge on any atom is 0.0912 e. The second kappa shape index (κ2) is 5.87. The number of aryl methyl sites for hydroxylation is 2. The molecule has 0 amide bonds. The average Bonchev–Trinajstić information content (AvgIpc) is 2.77. The molecule has 0 aliphatic rings. The molecule has 0 fully saturated rings. The standard InChI is InChI=1S/C13H19ClN6/c1-7(2)20-13(11(14)6-16-20)12(17-15)10-5-8(3)18-19-9(10)4/h5-7,12,17H,15H2,1-4H3. The summed E-state index contributed by atoms with van der Waals surface area (Å²) in [7, 11) is 0. The van der Waals surface area contributed by atoms with Gasteiger partial charge in [-0.3, -0.25) is 10.5 Å². The Morgan fingerprint density at radius 2 is 2.00 bits per heavy atom. The number of hydrogen-bond donors (Lipinski definition) is 2. The van der Waals surface area contributed by atoms with E-state index in [1.54, 1.807) is 6.20 Å². The smallest absolute Gasteiger partial charge is 0.0912 e. The number of hydrazine groups is 1. The zero-order valence-electron chi connectivity index (χ0n) is 12.1. The van der Waals surface area contributed by atoms with Gasteiger partial charge in [0.15, 0.2) is 0 Å². The Morgan fingerprint density at radius 1 is 1.30 bits per heavy atom. The minimum absolute atomic E-state index is 0.185. The normalized spacial score (nSPS) is 12.9. The lowest BCUT2D eigenvalue weighted by atomic mass is 10.0. The zero-order valence-corrected chi connectivity index (χ0v) is 12.8. The van der Waals surface area contributed by atoms with Crippen LogP contribution in [-0.2, 0) is 0 Å². The van der Waals surface area contributed by atoms with Crippen LogP contribution in [0.1, 0.15) is 48.6 Å². The summed E-state index contributed by atoms with van der Waals surface area (Å²) in [6.07, 6.45) is 1.64. The molecular weight excluding hydrogens is 276 g/mol. The fourth-order valence-corrected chi connectivity index (χ4v) is 2.45. The first-order valence-corrected chi connectivity index (χ1v) is 6.83. The number of rotatable bonds is 4. The Labute approximate surface area is 123 Å². The summed E-state index contributed by atoms with van der Waals surface area (Å²) in [6.45, 7) is 7.88. The van der Waals surface area contributed by atoms with Crippen molar-refractivity contribution < 1.29 is 0 Å². The lowest BCUT2D eigenvalue weighted by Gasteiger charge is -2.21. The van der Waals surface area contributed by atoms with Crippen LogP contribution in [0.25, 0.3) is 0 Å². The predicted octanol–water partition coefficient (Wildman–Crippen LogP) is 2.08. The Hall–Kier alpha value is -1.50. The van der Waals surface area contributed by atoms with Crippen LogP contribution >= 0.6 is 11.6 Å². The first kappa shape index (κ1) is 14.9. The summed E-state index contributed by atoms with van der Waals surface area (Å²) in [5, 5.41) is 13.1. The molecular formula is C13H19ClN6. The Kier molecular flexibility index (Phi) is 4.37. The van der Waals surface area contributed by atoms with Gasteiger partial charge in [-0.25, -0.2) is 5.43 Å². The maximum absolute atomic E-state index is 6.29. The molecule has 20 heavy (non-hydrogen) atoms. The van der Waals surface area contributed by atoms with Gasteiger partial charge in [0, 0.05) is 11.6 Å². The molecule has 0 saturated heterocycles. The van der Waals surface area contributed by atoms with E-state index in [1.165, 1.54) is 0 Å². The van der Waals surface area contributed by atoms with E-state index in [0.717, 1.165) is 22.6 Å². The largest absolute Gasteiger partial charge is 0.271 e. The van der Waals surface area contributed by atoms with Crippen LogP contribution in [0.5, 0.6) is 0 Å². The lowest BCUT2D eigenvalue weighted by Crippen LogP contribution is -2.32. The van der Waals surface area contributed by atoms with Crippen molar-refractivity contribution in [3.63, 3.8) is 0 Å². The van der Waals surface area contributed by atoms with Crippen molar-refractivity contribution in [2.45, 2.75) is 39.8 Å². The van der Waals surface area contributed by atoms with Crippen LogP contribution in [0.4, 0.5) is 0 Å². The molecule has 6 nitrogen and oxygen atoms in total. The molecule has 0 aliphatic carbocycles. The summed E-state index contributed by atoms with van der Waals surface area (Å²) in [4.78, 5) is 0. The number of nitrogens with two attached hydrogens (primary N) is 1. The molecule has 2 heterocycles. The number of halogens is 1. The van der Waals surface area contributed by atoms with Crippen LogP contribution in [-0.4, -0.2) is 20.0 Å². The quantitative estimate of drug-likeness (QED) is 0.666. The van der Waals surface area contributed by atoms with Gasteiger partial charge in [-0.2, -0.15) is 15.3 Å². The molecule has 1 unspecified atom stereocenters. The molecule has 2 aromatic heterocycles. The predicted molar refractivity (Wildman–Crippen MR) is 78.3 cm³/mol. The number of nitrogens with zero attached hydrogens (tertiary/aromatic N) is 4. The average molecular weight is 295 g/mol.